The van der Waals surface area contributed by atoms with Crippen molar-refractivity contribution in [2.24, 2.45) is 0 Å². The number of nitrogens with one attached hydrogen (secondary N) is 1. The van der Waals surface area contributed by atoms with Gasteiger partial charge in [-0.05, 0) is 35.2 Å². The first kappa shape index (κ1) is 11.9. The largest absolute Gasteiger partial charge is 0.316 e. The van der Waals surface area contributed by atoms with Crippen molar-refractivity contribution < 1.29 is 0 Å². The van der Waals surface area contributed by atoms with Gasteiger partial charge in [-0.25, -0.2) is 0 Å². The molecule has 1 aromatic heterocycles. The Bertz CT molecular complexity index is 699. The summed E-state index contributed by atoms with van der Waals surface area (Å²) in [5.41, 5.74) is 3.87. The molecule has 2 aromatic carbocycles. The number of pyridine rings is 1. The minimum atomic E-state index is 0.873. The van der Waals surface area contributed by atoms with Gasteiger partial charge >= 0.3 is 0 Å². The fourth-order valence-electron chi connectivity index (χ4n) is 2.49. The SMILES string of the molecule is CNCc1ccccc1-c1cccc2cnccc12. The Kier molecular flexibility index (Phi) is 3.25. The molecule has 0 amide bonds. The highest BCUT2D eigenvalue weighted by molar-refractivity contribution is 5.96. The van der Waals surface area contributed by atoms with E-state index in [1.165, 1.54) is 27.5 Å². The predicted molar refractivity (Wildman–Crippen MR) is 79.9 cm³/mol. The molecule has 0 fully saturated rings. The molecule has 1 heterocycles. The molecule has 3 rings (SSSR count). The molecule has 0 radical (unpaired) electrons. The second-order valence-corrected chi connectivity index (χ2v) is 4.59. The van der Waals surface area contributed by atoms with Crippen LogP contribution in [0.15, 0.2) is 60.9 Å². The maximum atomic E-state index is 4.19. The summed E-state index contributed by atoms with van der Waals surface area (Å²) in [5.74, 6) is 0. The van der Waals surface area contributed by atoms with Crippen LogP contribution in [-0.2, 0) is 6.54 Å². The van der Waals surface area contributed by atoms with Gasteiger partial charge in [0.2, 0.25) is 0 Å². The van der Waals surface area contributed by atoms with Gasteiger partial charge in [0.1, 0.15) is 0 Å². The van der Waals surface area contributed by atoms with Crippen molar-refractivity contribution in [3.8, 4) is 11.1 Å². The van der Waals surface area contributed by atoms with Crippen LogP contribution in [0.1, 0.15) is 5.56 Å². The molecule has 0 saturated carbocycles. The zero-order valence-electron chi connectivity index (χ0n) is 10.9. The average Bonchev–Trinajstić information content (AvgIpc) is 2.48. The topological polar surface area (TPSA) is 24.9 Å². The maximum Gasteiger partial charge on any atom is 0.0346 e. The summed E-state index contributed by atoms with van der Waals surface area (Å²) in [6, 6.07) is 17.0. The summed E-state index contributed by atoms with van der Waals surface area (Å²) < 4.78 is 0. The van der Waals surface area contributed by atoms with Crippen LogP contribution in [0.2, 0.25) is 0 Å². The zero-order valence-corrected chi connectivity index (χ0v) is 10.9. The van der Waals surface area contributed by atoms with E-state index >= 15 is 0 Å². The number of benzene rings is 2. The van der Waals surface area contributed by atoms with Crippen LogP contribution in [0, 0.1) is 0 Å². The van der Waals surface area contributed by atoms with Gasteiger partial charge in [-0.15, -0.1) is 0 Å². The van der Waals surface area contributed by atoms with E-state index < -0.39 is 0 Å². The average molecular weight is 248 g/mol. The fourth-order valence-corrected chi connectivity index (χ4v) is 2.49. The predicted octanol–water partition coefficient (Wildman–Crippen LogP) is 3.62. The first-order valence-corrected chi connectivity index (χ1v) is 6.46. The minimum absolute atomic E-state index is 0.873. The molecule has 2 nitrogen and oxygen atoms in total. The van der Waals surface area contributed by atoms with Crippen molar-refractivity contribution in [3.63, 3.8) is 0 Å². The van der Waals surface area contributed by atoms with Crippen molar-refractivity contribution in [2.75, 3.05) is 7.05 Å². The Balaban J connectivity index is 2.25. The molecule has 0 aliphatic heterocycles. The van der Waals surface area contributed by atoms with E-state index in [1.54, 1.807) is 0 Å². The molecule has 3 aromatic rings. The van der Waals surface area contributed by atoms with Crippen LogP contribution in [0.4, 0.5) is 0 Å². The number of fused-ring (bicyclic) bond motifs is 1. The molecule has 2 heteroatoms. The summed E-state index contributed by atoms with van der Waals surface area (Å²) in [4.78, 5) is 4.19. The second-order valence-electron chi connectivity index (χ2n) is 4.59. The summed E-state index contributed by atoms with van der Waals surface area (Å²) in [7, 11) is 1.98. The zero-order chi connectivity index (χ0) is 13.1. The molecule has 94 valence electrons. The molecule has 0 atom stereocenters. The maximum absolute atomic E-state index is 4.19. The lowest BCUT2D eigenvalue weighted by Gasteiger charge is -2.11. The molecule has 0 aliphatic rings. The molecular weight excluding hydrogens is 232 g/mol. The van der Waals surface area contributed by atoms with Crippen molar-refractivity contribution in [1.82, 2.24) is 10.3 Å². The fraction of sp³-hybridized carbons (Fsp3) is 0.118. The van der Waals surface area contributed by atoms with Crippen LogP contribution in [-0.4, -0.2) is 12.0 Å². The van der Waals surface area contributed by atoms with E-state index in [1.807, 2.05) is 19.4 Å². The third-order valence-electron chi connectivity index (χ3n) is 3.36. The molecular formula is C17H16N2. The number of rotatable bonds is 3. The Morgan fingerprint density at radius 2 is 1.79 bits per heavy atom. The van der Waals surface area contributed by atoms with E-state index in [9.17, 15) is 0 Å². The van der Waals surface area contributed by atoms with Crippen LogP contribution >= 0.6 is 0 Å². The molecule has 19 heavy (non-hydrogen) atoms. The van der Waals surface area contributed by atoms with Gasteiger partial charge in [-0.3, -0.25) is 4.98 Å². The molecule has 0 bridgehead atoms. The highest BCUT2D eigenvalue weighted by Gasteiger charge is 2.07. The van der Waals surface area contributed by atoms with Crippen LogP contribution in [0.5, 0.6) is 0 Å². The Morgan fingerprint density at radius 1 is 0.947 bits per heavy atom. The number of hydrogen-bond donors (Lipinski definition) is 1. The van der Waals surface area contributed by atoms with Gasteiger partial charge in [0.25, 0.3) is 0 Å². The van der Waals surface area contributed by atoms with Gasteiger partial charge in [0, 0.05) is 24.3 Å². The Labute approximate surface area is 113 Å². The molecule has 0 spiro atoms. The van der Waals surface area contributed by atoms with Crippen LogP contribution < -0.4 is 5.32 Å². The lowest BCUT2D eigenvalue weighted by molar-refractivity contribution is 0.819. The normalized spacial score (nSPS) is 10.8. The first-order chi connectivity index (χ1) is 9.40. The van der Waals surface area contributed by atoms with Crippen molar-refractivity contribution in [1.29, 1.82) is 0 Å². The summed E-state index contributed by atoms with van der Waals surface area (Å²) in [6.07, 6.45) is 3.77. The van der Waals surface area contributed by atoms with Crippen molar-refractivity contribution in [3.05, 3.63) is 66.5 Å². The lowest BCUT2D eigenvalue weighted by Crippen LogP contribution is -2.06. The van der Waals surface area contributed by atoms with Gasteiger partial charge in [0.05, 0.1) is 0 Å². The minimum Gasteiger partial charge on any atom is -0.316 e. The third-order valence-corrected chi connectivity index (χ3v) is 3.36. The van der Waals surface area contributed by atoms with Gasteiger partial charge in [-0.2, -0.15) is 0 Å². The monoisotopic (exact) mass is 248 g/mol. The van der Waals surface area contributed by atoms with Crippen molar-refractivity contribution >= 4 is 10.8 Å². The second kappa shape index (κ2) is 5.21. The van der Waals surface area contributed by atoms with Gasteiger partial charge < -0.3 is 5.32 Å². The standard InChI is InChI=1S/C17H16N2/c1-18-11-13-5-2-3-7-15(13)17-8-4-6-14-12-19-10-9-16(14)17/h2-10,12,18H,11H2,1H3. The van der Waals surface area contributed by atoms with Gasteiger partial charge in [0.15, 0.2) is 0 Å². The van der Waals surface area contributed by atoms with Crippen molar-refractivity contribution in [2.45, 2.75) is 6.54 Å². The Morgan fingerprint density at radius 3 is 2.68 bits per heavy atom. The van der Waals surface area contributed by atoms with E-state index in [0.29, 0.717) is 0 Å². The smallest absolute Gasteiger partial charge is 0.0346 e. The summed E-state index contributed by atoms with van der Waals surface area (Å²) in [5, 5.41) is 5.66. The molecule has 0 saturated heterocycles. The Hall–Kier alpha value is -2.19. The first-order valence-electron chi connectivity index (χ1n) is 6.46. The van der Waals surface area contributed by atoms with Gasteiger partial charge in [-0.1, -0.05) is 42.5 Å². The summed E-state index contributed by atoms with van der Waals surface area (Å²) in [6.45, 7) is 0.873. The highest BCUT2D eigenvalue weighted by Crippen LogP contribution is 2.30. The van der Waals surface area contributed by atoms with E-state index in [0.717, 1.165) is 6.54 Å². The van der Waals surface area contributed by atoms with E-state index in [4.69, 9.17) is 0 Å². The van der Waals surface area contributed by atoms with Crippen LogP contribution in [0.3, 0.4) is 0 Å². The number of aromatic nitrogens is 1. The molecule has 0 unspecified atom stereocenters. The van der Waals surface area contributed by atoms with E-state index in [2.05, 4.69) is 58.8 Å². The molecule has 0 aliphatic carbocycles. The third kappa shape index (κ3) is 2.23. The van der Waals surface area contributed by atoms with E-state index in [-0.39, 0.29) is 0 Å². The summed E-state index contributed by atoms with van der Waals surface area (Å²) >= 11 is 0. The quantitative estimate of drug-likeness (QED) is 0.765. The number of nitrogens with zero attached hydrogens (tertiary/aromatic N) is 1. The molecule has 1 N–H and O–H groups in total. The number of hydrogen-bond acceptors (Lipinski definition) is 2. The van der Waals surface area contributed by atoms with Crippen LogP contribution in [0.25, 0.3) is 21.9 Å². The highest BCUT2D eigenvalue weighted by atomic mass is 14.8. The lowest BCUT2D eigenvalue weighted by atomic mass is 9.95.